The molecule has 0 radical (unpaired) electrons. The number of pyridine rings is 1. The Bertz CT molecular complexity index is 342. The lowest BCUT2D eigenvalue weighted by molar-refractivity contribution is 0.230. The zero-order valence-electron chi connectivity index (χ0n) is 10.6. The number of aromatic nitrogens is 1. The van der Waals surface area contributed by atoms with Gasteiger partial charge in [-0.25, -0.2) is 0 Å². The van der Waals surface area contributed by atoms with Gasteiger partial charge in [0.25, 0.3) is 0 Å². The molecule has 0 aliphatic heterocycles. The summed E-state index contributed by atoms with van der Waals surface area (Å²) in [6.07, 6.45) is 2.65. The fourth-order valence-electron chi connectivity index (χ4n) is 1.28. The second-order valence-corrected chi connectivity index (χ2v) is 5.25. The molecule has 0 atom stereocenters. The summed E-state index contributed by atoms with van der Waals surface area (Å²) in [5.74, 6) is 0.749. The van der Waals surface area contributed by atoms with E-state index >= 15 is 0 Å². The molecule has 3 nitrogen and oxygen atoms in total. The summed E-state index contributed by atoms with van der Waals surface area (Å²) in [4.78, 5) is 4.13. The van der Waals surface area contributed by atoms with Crippen LogP contribution in [0.1, 0.15) is 38.4 Å². The topological polar surface area (TPSA) is 42.4 Å². The van der Waals surface area contributed by atoms with Crippen LogP contribution in [-0.2, 0) is 6.61 Å². The summed E-state index contributed by atoms with van der Waals surface area (Å²) in [6.45, 7) is 9.10. The predicted octanol–water partition coefficient (Wildman–Crippen LogP) is 2.70. The van der Waals surface area contributed by atoms with E-state index in [1.54, 1.807) is 6.20 Å². The van der Waals surface area contributed by atoms with Crippen LogP contribution in [0.25, 0.3) is 0 Å². The number of rotatable bonds is 4. The Labute approximate surface area is 97.5 Å². The quantitative estimate of drug-likeness (QED) is 0.853. The number of hydrogen-bond donors (Lipinski definition) is 1. The maximum atomic E-state index is 9.15. The molecule has 1 N–H and O–H groups in total. The van der Waals surface area contributed by atoms with Crippen LogP contribution in [0.3, 0.4) is 0 Å². The maximum absolute atomic E-state index is 9.15. The number of aliphatic hydroxyl groups is 1. The lowest BCUT2D eigenvalue weighted by atomic mass is 9.93. The van der Waals surface area contributed by atoms with Gasteiger partial charge < -0.3 is 9.84 Å². The first kappa shape index (κ1) is 13.0. The summed E-state index contributed by atoms with van der Waals surface area (Å²) in [5, 5.41) is 9.15. The van der Waals surface area contributed by atoms with Crippen molar-refractivity contribution in [1.29, 1.82) is 0 Å². The molecule has 1 rings (SSSR count). The second-order valence-electron chi connectivity index (χ2n) is 5.25. The summed E-state index contributed by atoms with van der Waals surface area (Å²) >= 11 is 0. The van der Waals surface area contributed by atoms with Crippen molar-refractivity contribution >= 4 is 0 Å². The molecule has 0 saturated carbocycles. The van der Waals surface area contributed by atoms with Gasteiger partial charge in [0.05, 0.1) is 13.2 Å². The standard InChI is InChI=1S/C13H21NO2/c1-10-7-12(11(9-15)8-14-10)16-6-5-13(2,3)4/h7-8,15H,5-6,9H2,1-4H3. The van der Waals surface area contributed by atoms with Crippen LogP contribution in [0, 0.1) is 12.3 Å². The third kappa shape index (κ3) is 4.19. The van der Waals surface area contributed by atoms with Crippen molar-refractivity contribution < 1.29 is 9.84 Å². The van der Waals surface area contributed by atoms with E-state index in [4.69, 9.17) is 9.84 Å². The number of aryl methyl sites for hydroxylation is 1. The Kier molecular flexibility index (Phi) is 4.30. The van der Waals surface area contributed by atoms with Crippen LogP contribution >= 0.6 is 0 Å². The van der Waals surface area contributed by atoms with Crippen molar-refractivity contribution in [2.45, 2.75) is 40.7 Å². The first-order valence-electron chi connectivity index (χ1n) is 5.61. The molecule has 0 saturated heterocycles. The molecule has 0 aliphatic rings. The zero-order valence-corrected chi connectivity index (χ0v) is 10.6. The molecule has 0 unspecified atom stereocenters. The van der Waals surface area contributed by atoms with E-state index in [0.717, 1.165) is 23.4 Å². The SMILES string of the molecule is Cc1cc(OCCC(C)(C)C)c(CO)cn1. The molecule has 1 aromatic rings. The van der Waals surface area contributed by atoms with Crippen LogP contribution in [0.4, 0.5) is 0 Å². The number of hydrogen-bond acceptors (Lipinski definition) is 3. The Morgan fingerprint density at radius 2 is 2.06 bits per heavy atom. The number of ether oxygens (including phenoxy) is 1. The minimum atomic E-state index is -0.0296. The van der Waals surface area contributed by atoms with Crippen LogP contribution in [0.5, 0.6) is 5.75 Å². The Hall–Kier alpha value is -1.09. The third-order valence-electron chi connectivity index (χ3n) is 2.36. The van der Waals surface area contributed by atoms with E-state index in [1.807, 2.05) is 13.0 Å². The maximum Gasteiger partial charge on any atom is 0.128 e. The minimum absolute atomic E-state index is 0.0296. The molecule has 0 amide bonds. The van der Waals surface area contributed by atoms with Gasteiger partial charge in [-0.3, -0.25) is 4.98 Å². The molecule has 0 fully saturated rings. The van der Waals surface area contributed by atoms with Gasteiger partial charge in [0.1, 0.15) is 5.75 Å². The molecule has 0 aromatic carbocycles. The summed E-state index contributed by atoms with van der Waals surface area (Å²) < 4.78 is 5.68. The lowest BCUT2D eigenvalue weighted by Crippen LogP contribution is -2.12. The van der Waals surface area contributed by atoms with E-state index in [9.17, 15) is 0 Å². The molecule has 0 bridgehead atoms. The van der Waals surface area contributed by atoms with E-state index in [-0.39, 0.29) is 12.0 Å². The van der Waals surface area contributed by atoms with Crippen molar-refractivity contribution in [3.05, 3.63) is 23.5 Å². The van der Waals surface area contributed by atoms with Crippen molar-refractivity contribution in [3.63, 3.8) is 0 Å². The average molecular weight is 223 g/mol. The largest absolute Gasteiger partial charge is 0.493 e. The van der Waals surface area contributed by atoms with E-state index in [1.165, 1.54) is 0 Å². The molecule has 1 aromatic heterocycles. The first-order chi connectivity index (χ1) is 7.42. The van der Waals surface area contributed by atoms with E-state index < -0.39 is 0 Å². The van der Waals surface area contributed by atoms with Gasteiger partial charge in [0.2, 0.25) is 0 Å². The first-order valence-corrected chi connectivity index (χ1v) is 5.61. The van der Waals surface area contributed by atoms with Crippen LogP contribution in [0.15, 0.2) is 12.3 Å². The molecule has 90 valence electrons. The molecular weight excluding hydrogens is 202 g/mol. The highest BCUT2D eigenvalue weighted by molar-refractivity contribution is 5.32. The van der Waals surface area contributed by atoms with Crippen molar-refractivity contribution in [2.24, 2.45) is 5.41 Å². The average Bonchev–Trinajstić information content (AvgIpc) is 2.16. The zero-order chi connectivity index (χ0) is 12.2. The van der Waals surface area contributed by atoms with Crippen molar-refractivity contribution in [2.75, 3.05) is 6.61 Å². The monoisotopic (exact) mass is 223 g/mol. The van der Waals surface area contributed by atoms with Crippen LogP contribution < -0.4 is 4.74 Å². The third-order valence-corrected chi connectivity index (χ3v) is 2.36. The highest BCUT2D eigenvalue weighted by Gasteiger charge is 2.11. The second kappa shape index (κ2) is 5.30. The van der Waals surface area contributed by atoms with E-state index in [0.29, 0.717) is 6.61 Å². The summed E-state index contributed by atoms with van der Waals surface area (Å²) in [6, 6.07) is 1.87. The van der Waals surface area contributed by atoms with E-state index in [2.05, 4.69) is 25.8 Å². The van der Waals surface area contributed by atoms with Crippen LogP contribution in [0.2, 0.25) is 0 Å². The fraction of sp³-hybridized carbons (Fsp3) is 0.615. The normalized spacial score (nSPS) is 11.6. The molecule has 3 heteroatoms. The van der Waals surface area contributed by atoms with Gasteiger partial charge >= 0.3 is 0 Å². The van der Waals surface area contributed by atoms with Gasteiger partial charge in [-0.15, -0.1) is 0 Å². The summed E-state index contributed by atoms with van der Waals surface area (Å²) in [7, 11) is 0. The van der Waals surface area contributed by atoms with Gasteiger partial charge in [0, 0.05) is 23.5 Å². The Morgan fingerprint density at radius 3 is 2.62 bits per heavy atom. The van der Waals surface area contributed by atoms with Crippen molar-refractivity contribution in [1.82, 2.24) is 4.98 Å². The van der Waals surface area contributed by atoms with Gasteiger partial charge in [0.15, 0.2) is 0 Å². The molecule has 1 heterocycles. The number of nitrogens with zero attached hydrogens (tertiary/aromatic N) is 1. The highest BCUT2D eigenvalue weighted by Crippen LogP contribution is 2.22. The Morgan fingerprint density at radius 1 is 1.38 bits per heavy atom. The molecule has 16 heavy (non-hydrogen) atoms. The smallest absolute Gasteiger partial charge is 0.128 e. The highest BCUT2D eigenvalue weighted by atomic mass is 16.5. The molecular formula is C13H21NO2. The fourth-order valence-corrected chi connectivity index (χ4v) is 1.28. The summed E-state index contributed by atoms with van der Waals surface area (Å²) in [5.41, 5.74) is 1.92. The lowest BCUT2D eigenvalue weighted by Gasteiger charge is -2.19. The predicted molar refractivity (Wildman–Crippen MR) is 64.5 cm³/mol. The number of aliphatic hydroxyl groups excluding tert-OH is 1. The van der Waals surface area contributed by atoms with Crippen LogP contribution in [-0.4, -0.2) is 16.7 Å². The van der Waals surface area contributed by atoms with Gasteiger partial charge in [-0.2, -0.15) is 0 Å². The van der Waals surface area contributed by atoms with Crippen molar-refractivity contribution in [3.8, 4) is 5.75 Å². The minimum Gasteiger partial charge on any atom is -0.493 e. The Balaban J connectivity index is 2.62. The molecule has 0 spiro atoms. The van der Waals surface area contributed by atoms with Gasteiger partial charge in [-0.05, 0) is 18.8 Å². The molecule has 0 aliphatic carbocycles. The van der Waals surface area contributed by atoms with Gasteiger partial charge in [-0.1, -0.05) is 20.8 Å².